The fraction of sp³-hybridized carbons (Fsp3) is 0.667. The van der Waals surface area contributed by atoms with E-state index in [2.05, 4.69) is 9.62 Å². The summed E-state index contributed by atoms with van der Waals surface area (Å²) in [5, 5.41) is 22.3. The Morgan fingerprint density at radius 3 is 2.76 bits per heavy atom. The summed E-state index contributed by atoms with van der Waals surface area (Å²) in [6, 6.07) is 4.20. The van der Waals surface area contributed by atoms with Crippen LogP contribution in [0.5, 0.6) is 5.75 Å². The number of piperidine rings is 1. The van der Waals surface area contributed by atoms with Crippen LogP contribution in [0.4, 0.5) is 0 Å². The molecule has 3 aliphatic carbocycles. The van der Waals surface area contributed by atoms with Crippen molar-refractivity contribution >= 4 is 15.8 Å². The van der Waals surface area contributed by atoms with Gasteiger partial charge in [-0.2, -0.15) is 0 Å². The first-order valence-electron chi connectivity index (χ1n) is 10.4. The van der Waals surface area contributed by atoms with Gasteiger partial charge < -0.3 is 10.2 Å². The monoisotopic (exact) mass is 420 g/mol. The molecule has 3 fully saturated rings. The molecule has 2 saturated carbocycles. The minimum absolute atomic E-state index is 0.0693. The first-order valence-corrected chi connectivity index (χ1v) is 12.3. The van der Waals surface area contributed by atoms with Gasteiger partial charge in [-0.1, -0.05) is 6.07 Å². The molecule has 1 heterocycles. The van der Waals surface area contributed by atoms with Crippen molar-refractivity contribution in [3.8, 4) is 5.75 Å². The van der Waals surface area contributed by atoms with Crippen LogP contribution >= 0.6 is 0 Å². The van der Waals surface area contributed by atoms with E-state index in [9.17, 15) is 23.4 Å². The Hall–Kier alpha value is -1.48. The molecule has 0 spiro atoms. The van der Waals surface area contributed by atoms with Crippen molar-refractivity contribution in [3.05, 3.63) is 29.3 Å². The van der Waals surface area contributed by atoms with Crippen LogP contribution in [-0.2, 0) is 26.7 Å². The van der Waals surface area contributed by atoms with Crippen molar-refractivity contribution in [1.82, 2.24) is 9.62 Å². The number of rotatable bonds is 4. The van der Waals surface area contributed by atoms with Crippen molar-refractivity contribution in [2.75, 3.05) is 19.3 Å². The number of sulfonamides is 1. The highest BCUT2D eigenvalue weighted by Crippen LogP contribution is 2.58. The molecule has 5 rings (SSSR count). The zero-order valence-electron chi connectivity index (χ0n) is 16.6. The lowest BCUT2D eigenvalue weighted by atomic mass is 9.48. The second-order valence-electron chi connectivity index (χ2n) is 9.55. The fourth-order valence-electron chi connectivity index (χ4n) is 6.12. The number of hydrogen-bond donors (Lipinski definition) is 3. The lowest BCUT2D eigenvalue weighted by Crippen LogP contribution is -2.76. The molecular formula is C21H28N2O5S. The zero-order valence-corrected chi connectivity index (χ0v) is 17.4. The third kappa shape index (κ3) is 3.03. The van der Waals surface area contributed by atoms with Gasteiger partial charge in [-0.05, 0) is 61.4 Å². The van der Waals surface area contributed by atoms with E-state index in [1.165, 1.54) is 12.8 Å². The molecule has 3 N–H and O–H groups in total. The second-order valence-corrected chi connectivity index (χ2v) is 11.3. The van der Waals surface area contributed by atoms with Crippen LogP contribution in [-0.4, -0.2) is 66.3 Å². The van der Waals surface area contributed by atoms with Crippen molar-refractivity contribution in [1.29, 1.82) is 0 Å². The average molecular weight is 421 g/mol. The molecule has 4 atom stereocenters. The van der Waals surface area contributed by atoms with E-state index in [4.69, 9.17) is 0 Å². The van der Waals surface area contributed by atoms with Crippen molar-refractivity contribution in [3.63, 3.8) is 0 Å². The summed E-state index contributed by atoms with van der Waals surface area (Å²) in [5.41, 5.74) is -0.0812. The number of fused-ring (bicyclic) bond motifs is 1. The predicted octanol–water partition coefficient (Wildman–Crippen LogP) is 0.682. The molecule has 0 amide bonds. The first-order chi connectivity index (χ1) is 13.6. The van der Waals surface area contributed by atoms with Gasteiger partial charge in [0.1, 0.15) is 5.75 Å². The van der Waals surface area contributed by atoms with E-state index in [0.717, 1.165) is 30.5 Å². The smallest absolute Gasteiger partial charge is 0.209 e. The highest BCUT2D eigenvalue weighted by atomic mass is 32.2. The van der Waals surface area contributed by atoms with Crippen molar-refractivity contribution < 1.29 is 23.4 Å². The van der Waals surface area contributed by atoms with Crippen molar-refractivity contribution in [2.45, 2.75) is 61.6 Å². The number of ketones is 1. The first kappa shape index (κ1) is 19.5. The minimum atomic E-state index is -3.57. The Morgan fingerprint density at radius 1 is 1.31 bits per heavy atom. The number of aliphatic hydroxyl groups is 1. The number of aromatic hydroxyl groups is 1. The van der Waals surface area contributed by atoms with Gasteiger partial charge in [-0.25, -0.2) is 13.1 Å². The van der Waals surface area contributed by atoms with Crippen molar-refractivity contribution in [2.24, 2.45) is 5.92 Å². The molecular weight excluding hydrogens is 392 g/mol. The number of nitrogens with zero attached hydrogens (tertiary/aromatic N) is 1. The Kier molecular flexibility index (Phi) is 4.21. The van der Waals surface area contributed by atoms with Gasteiger partial charge in [0.15, 0.2) is 5.78 Å². The molecule has 0 radical (unpaired) electrons. The van der Waals surface area contributed by atoms with Gasteiger partial charge in [0.2, 0.25) is 10.0 Å². The number of carbonyl (C=O) groups excluding carboxylic acids is 1. The van der Waals surface area contributed by atoms with Crippen LogP contribution in [0.2, 0.25) is 0 Å². The SMILES string of the molecule is CS(=O)(=O)N[C@H]1C[C@@]2(O)[C@H]3Cc4ccc(O)cc4[C@@]2(CCN3CC2CC2)CC1=O. The van der Waals surface area contributed by atoms with Crippen LogP contribution in [0.3, 0.4) is 0 Å². The summed E-state index contributed by atoms with van der Waals surface area (Å²) in [5.74, 6) is 0.608. The molecule has 29 heavy (non-hydrogen) atoms. The van der Waals surface area contributed by atoms with Gasteiger partial charge in [0, 0.05) is 30.8 Å². The maximum absolute atomic E-state index is 13.0. The topological polar surface area (TPSA) is 107 Å². The van der Waals surface area contributed by atoms with Gasteiger partial charge in [0.25, 0.3) is 0 Å². The lowest BCUT2D eigenvalue weighted by molar-refractivity contribution is -0.176. The number of benzene rings is 1. The third-order valence-corrected chi connectivity index (χ3v) is 8.31. The lowest BCUT2D eigenvalue weighted by Gasteiger charge is -2.64. The zero-order chi connectivity index (χ0) is 20.6. The predicted molar refractivity (Wildman–Crippen MR) is 107 cm³/mol. The molecule has 8 heteroatoms. The number of likely N-dealkylation sites (tertiary alicyclic amines) is 1. The van der Waals surface area contributed by atoms with E-state index in [0.29, 0.717) is 18.8 Å². The second kappa shape index (κ2) is 6.26. The van der Waals surface area contributed by atoms with E-state index in [-0.39, 0.29) is 30.4 Å². The Labute approximate surface area is 171 Å². The number of phenolic OH excluding ortho intramolecular Hbond substituents is 1. The average Bonchev–Trinajstić information content (AvgIpc) is 3.42. The maximum Gasteiger partial charge on any atom is 0.209 e. The van der Waals surface area contributed by atoms with Crippen LogP contribution in [0.1, 0.15) is 43.2 Å². The number of Topliss-reactive ketones (excluding diaryl/α,β-unsaturated/α-hetero) is 1. The molecule has 2 bridgehead atoms. The largest absolute Gasteiger partial charge is 0.508 e. The summed E-state index contributed by atoms with van der Waals surface area (Å²) in [6.45, 7) is 1.74. The van der Waals surface area contributed by atoms with Gasteiger partial charge >= 0.3 is 0 Å². The molecule has 1 aliphatic heterocycles. The van der Waals surface area contributed by atoms with E-state index in [1.807, 2.05) is 6.07 Å². The Morgan fingerprint density at radius 2 is 2.07 bits per heavy atom. The summed E-state index contributed by atoms with van der Waals surface area (Å²) in [7, 11) is -3.57. The van der Waals surface area contributed by atoms with Crippen LogP contribution < -0.4 is 4.72 Å². The summed E-state index contributed by atoms with van der Waals surface area (Å²) in [6.07, 6.45) is 4.90. The minimum Gasteiger partial charge on any atom is -0.508 e. The van der Waals surface area contributed by atoms with E-state index < -0.39 is 27.1 Å². The molecule has 1 aromatic rings. The normalized spacial score (nSPS) is 37.1. The number of carbonyl (C=O) groups is 1. The molecule has 158 valence electrons. The number of phenols is 1. The quantitative estimate of drug-likeness (QED) is 0.661. The number of nitrogens with one attached hydrogen (secondary N) is 1. The molecule has 4 aliphatic rings. The van der Waals surface area contributed by atoms with E-state index in [1.54, 1.807) is 12.1 Å². The molecule has 1 saturated heterocycles. The Bertz CT molecular complexity index is 975. The highest BCUT2D eigenvalue weighted by molar-refractivity contribution is 7.88. The molecule has 1 aromatic carbocycles. The fourth-order valence-corrected chi connectivity index (χ4v) is 6.85. The van der Waals surface area contributed by atoms with Gasteiger partial charge in [-0.15, -0.1) is 0 Å². The molecule has 0 aromatic heterocycles. The van der Waals surface area contributed by atoms with Gasteiger partial charge in [0.05, 0.1) is 17.9 Å². The summed E-state index contributed by atoms with van der Waals surface area (Å²) in [4.78, 5) is 15.4. The van der Waals surface area contributed by atoms with Crippen LogP contribution in [0, 0.1) is 5.92 Å². The maximum atomic E-state index is 13.0. The van der Waals surface area contributed by atoms with Crippen LogP contribution in [0.15, 0.2) is 18.2 Å². The van der Waals surface area contributed by atoms with Crippen LogP contribution in [0.25, 0.3) is 0 Å². The third-order valence-electron chi connectivity index (χ3n) is 7.59. The van der Waals surface area contributed by atoms with E-state index >= 15 is 0 Å². The summed E-state index contributed by atoms with van der Waals surface area (Å²) >= 11 is 0. The summed E-state index contributed by atoms with van der Waals surface area (Å²) < 4.78 is 26.1. The highest BCUT2D eigenvalue weighted by Gasteiger charge is 2.66. The molecule has 7 nitrogen and oxygen atoms in total. The van der Waals surface area contributed by atoms with Gasteiger partial charge in [-0.3, -0.25) is 9.69 Å². The molecule has 0 unspecified atom stereocenters. The Balaban J connectivity index is 1.61. The number of hydrogen-bond acceptors (Lipinski definition) is 6. The standard InChI is InChI=1S/C21H28N2O5S/c1-29(27,28)22-17-10-21(26)19-8-14-4-5-15(24)9-16(14)20(21,11-18(17)25)6-7-23(19)12-13-2-3-13/h4-5,9,13,17,19,22,24,26H,2-3,6-8,10-12H2,1H3/t17-,19+,20+,21+/m0/s1.